The summed E-state index contributed by atoms with van der Waals surface area (Å²) >= 11 is 0. The van der Waals surface area contributed by atoms with Crippen LogP contribution in [0.25, 0.3) is 0 Å². The summed E-state index contributed by atoms with van der Waals surface area (Å²) in [4.78, 5) is 12.9. The van der Waals surface area contributed by atoms with Gasteiger partial charge in [0, 0.05) is 18.9 Å². The predicted octanol–water partition coefficient (Wildman–Crippen LogP) is 2.43. The van der Waals surface area contributed by atoms with Gasteiger partial charge in [-0.15, -0.1) is 0 Å². The Hall–Kier alpha value is -1.46. The van der Waals surface area contributed by atoms with E-state index in [9.17, 15) is 18.0 Å². The molecule has 1 unspecified atom stereocenters. The maximum absolute atomic E-state index is 12.8. The molecule has 1 atom stereocenters. The zero-order valence-corrected chi connectivity index (χ0v) is 9.86. The van der Waals surface area contributed by atoms with Crippen LogP contribution in [0.3, 0.4) is 0 Å². The Morgan fingerprint density at radius 1 is 1.22 bits per heavy atom. The van der Waals surface area contributed by atoms with Crippen molar-refractivity contribution >= 4 is 5.91 Å². The normalized spacial score (nSPS) is 21.1. The molecule has 0 aromatic carbocycles. The molecule has 0 saturated carbocycles. The number of carbonyl (C=O) groups is 1. The third kappa shape index (κ3) is 2.86. The fourth-order valence-corrected chi connectivity index (χ4v) is 2.29. The van der Waals surface area contributed by atoms with Gasteiger partial charge in [-0.3, -0.25) is 4.79 Å². The topological polar surface area (TPSA) is 25.2 Å². The molecule has 1 aliphatic rings. The number of piperidine rings is 1. The van der Waals surface area contributed by atoms with Crippen molar-refractivity contribution in [3.63, 3.8) is 0 Å². The Morgan fingerprint density at radius 2 is 1.89 bits per heavy atom. The molecule has 0 radical (unpaired) electrons. The lowest BCUT2D eigenvalue weighted by Gasteiger charge is -2.36. The molecule has 0 N–H and O–H groups in total. The molecular formula is C12H15F3N2O. The summed E-state index contributed by atoms with van der Waals surface area (Å²) in [6.07, 6.45) is 0.198. The van der Waals surface area contributed by atoms with Crippen molar-refractivity contribution in [2.75, 3.05) is 6.54 Å². The number of halogens is 3. The van der Waals surface area contributed by atoms with E-state index in [2.05, 4.69) is 0 Å². The van der Waals surface area contributed by atoms with Crippen molar-refractivity contribution in [1.82, 2.24) is 9.47 Å². The van der Waals surface area contributed by atoms with E-state index in [-0.39, 0.29) is 19.5 Å². The van der Waals surface area contributed by atoms with Crippen molar-refractivity contribution in [1.29, 1.82) is 0 Å². The molecule has 0 bridgehead atoms. The Balaban J connectivity index is 2.06. The van der Waals surface area contributed by atoms with E-state index >= 15 is 0 Å². The molecule has 2 rings (SSSR count). The molecule has 1 aliphatic heterocycles. The second kappa shape index (κ2) is 5.04. The second-order valence-electron chi connectivity index (χ2n) is 4.50. The van der Waals surface area contributed by atoms with E-state index in [1.807, 2.05) is 0 Å². The van der Waals surface area contributed by atoms with Crippen LogP contribution >= 0.6 is 0 Å². The molecule has 1 fully saturated rings. The van der Waals surface area contributed by atoms with Gasteiger partial charge in [-0.2, -0.15) is 13.2 Å². The maximum atomic E-state index is 12.8. The monoisotopic (exact) mass is 260 g/mol. The van der Waals surface area contributed by atoms with Gasteiger partial charge in [-0.25, -0.2) is 0 Å². The first-order valence-corrected chi connectivity index (χ1v) is 5.95. The third-order valence-electron chi connectivity index (χ3n) is 3.19. The number of hydrogen-bond donors (Lipinski definition) is 0. The average molecular weight is 260 g/mol. The van der Waals surface area contributed by atoms with Gasteiger partial charge in [0.1, 0.15) is 12.6 Å². The van der Waals surface area contributed by atoms with Gasteiger partial charge >= 0.3 is 6.18 Å². The van der Waals surface area contributed by atoms with Crippen molar-refractivity contribution in [3.8, 4) is 0 Å². The number of carbonyl (C=O) groups excluding carboxylic acids is 1. The largest absolute Gasteiger partial charge is 0.408 e. The van der Waals surface area contributed by atoms with Crippen LogP contribution in [0, 0.1) is 0 Å². The lowest BCUT2D eigenvalue weighted by Crippen LogP contribution is -2.52. The molecule has 6 heteroatoms. The molecule has 0 spiro atoms. The highest BCUT2D eigenvalue weighted by molar-refractivity contribution is 5.76. The number of nitrogens with zero attached hydrogens (tertiary/aromatic N) is 2. The van der Waals surface area contributed by atoms with Crippen LogP contribution in [0.15, 0.2) is 24.5 Å². The van der Waals surface area contributed by atoms with E-state index in [1.165, 1.54) is 0 Å². The van der Waals surface area contributed by atoms with Crippen molar-refractivity contribution < 1.29 is 18.0 Å². The summed E-state index contributed by atoms with van der Waals surface area (Å²) in [5, 5.41) is 0. The first kappa shape index (κ1) is 13.0. The van der Waals surface area contributed by atoms with Crippen LogP contribution in [0.1, 0.15) is 19.3 Å². The number of likely N-dealkylation sites (tertiary alicyclic amines) is 1. The van der Waals surface area contributed by atoms with E-state index in [0.717, 1.165) is 4.90 Å². The first-order valence-electron chi connectivity index (χ1n) is 5.95. The van der Waals surface area contributed by atoms with Gasteiger partial charge in [0.15, 0.2) is 0 Å². The lowest BCUT2D eigenvalue weighted by molar-refractivity contribution is -0.196. The summed E-state index contributed by atoms with van der Waals surface area (Å²) < 4.78 is 40.1. The fraction of sp³-hybridized carbons (Fsp3) is 0.583. The molecule has 2 heterocycles. The molecule has 1 aromatic heterocycles. The Morgan fingerprint density at radius 3 is 2.50 bits per heavy atom. The van der Waals surface area contributed by atoms with Gasteiger partial charge in [0.05, 0.1) is 0 Å². The minimum Gasteiger partial charge on any atom is -0.345 e. The van der Waals surface area contributed by atoms with E-state index in [0.29, 0.717) is 12.8 Å². The summed E-state index contributed by atoms with van der Waals surface area (Å²) in [6.45, 7) is 0.170. The van der Waals surface area contributed by atoms with Gasteiger partial charge < -0.3 is 9.47 Å². The van der Waals surface area contributed by atoms with Crippen molar-refractivity contribution in [2.24, 2.45) is 0 Å². The number of alkyl halides is 3. The van der Waals surface area contributed by atoms with Crippen LogP contribution in [0.2, 0.25) is 0 Å². The molecule has 1 saturated heterocycles. The van der Waals surface area contributed by atoms with Crippen LogP contribution in [0.4, 0.5) is 13.2 Å². The molecule has 18 heavy (non-hydrogen) atoms. The number of hydrogen-bond acceptors (Lipinski definition) is 1. The fourth-order valence-electron chi connectivity index (χ4n) is 2.29. The quantitative estimate of drug-likeness (QED) is 0.801. The van der Waals surface area contributed by atoms with Crippen LogP contribution in [0.5, 0.6) is 0 Å². The number of aromatic nitrogens is 1. The highest BCUT2D eigenvalue weighted by Gasteiger charge is 2.46. The van der Waals surface area contributed by atoms with E-state index in [1.54, 1.807) is 29.1 Å². The predicted molar refractivity (Wildman–Crippen MR) is 59.8 cm³/mol. The van der Waals surface area contributed by atoms with Gasteiger partial charge in [0.2, 0.25) is 5.91 Å². The van der Waals surface area contributed by atoms with Crippen molar-refractivity contribution in [3.05, 3.63) is 24.5 Å². The number of rotatable bonds is 2. The summed E-state index contributed by atoms with van der Waals surface area (Å²) in [6, 6.07) is 1.87. The van der Waals surface area contributed by atoms with Crippen molar-refractivity contribution in [2.45, 2.75) is 38.0 Å². The molecule has 0 aliphatic carbocycles. The Kier molecular flexibility index (Phi) is 3.63. The zero-order chi connectivity index (χ0) is 13.2. The van der Waals surface area contributed by atoms with Crippen LogP contribution < -0.4 is 0 Å². The highest BCUT2D eigenvalue weighted by Crippen LogP contribution is 2.31. The Labute approximate surface area is 103 Å². The molecule has 1 aromatic rings. The zero-order valence-electron chi connectivity index (χ0n) is 9.86. The standard InChI is InChI=1S/C12H15F3N2O/c13-12(14,15)10-5-1-2-8-17(10)11(18)9-16-6-3-4-7-16/h3-4,6-7,10H,1-2,5,8-9H2. The van der Waals surface area contributed by atoms with Crippen LogP contribution in [-0.4, -0.2) is 34.1 Å². The average Bonchev–Trinajstić information content (AvgIpc) is 2.80. The summed E-state index contributed by atoms with van der Waals surface area (Å²) in [5.74, 6) is -0.465. The highest BCUT2D eigenvalue weighted by atomic mass is 19.4. The van der Waals surface area contributed by atoms with Gasteiger partial charge in [-0.1, -0.05) is 0 Å². The third-order valence-corrected chi connectivity index (χ3v) is 3.19. The summed E-state index contributed by atoms with van der Waals surface area (Å²) in [5.41, 5.74) is 0. The molecule has 3 nitrogen and oxygen atoms in total. The Bertz CT molecular complexity index is 400. The van der Waals surface area contributed by atoms with Crippen LogP contribution in [-0.2, 0) is 11.3 Å². The number of amides is 1. The summed E-state index contributed by atoms with van der Waals surface area (Å²) in [7, 11) is 0. The lowest BCUT2D eigenvalue weighted by atomic mass is 10.0. The minimum atomic E-state index is -4.33. The molecule has 100 valence electrons. The SMILES string of the molecule is O=C(Cn1cccc1)N1CCCCC1C(F)(F)F. The first-order chi connectivity index (χ1) is 8.48. The van der Waals surface area contributed by atoms with Gasteiger partial charge in [-0.05, 0) is 31.4 Å². The smallest absolute Gasteiger partial charge is 0.345 e. The second-order valence-corrected chi connectivity index (χ2v) is 4.50. The van der Waals surface area contributed by atoms with Gasteiger partial charge in [0.25, 0.3) is 0 Å². The maximum Gasteiger partial charge on any atom is 0.408 e. The molecule has 1 amide bonds. The van der Waals surface area contributed by atoms with E-state index in [4.69, 9.17) is 0 Å². The minimum absolute atomic E-state index is 0.0148. The molecular weight excluding hydrogens is 245 g/mol. The van der Waals surface area contributed by atoms with E-state index < -0.39 is 18.1 Å².